The third-order valence-electron chi connectivity index (χ3n) is 6.94. The van der Waals surface area contributed by atoms with E-state index in [1.54, 1.807) is 24.3 Å². The molecule has 1 heterocycles. The molecule has 0 saturated carbocycles. The van der Waals surface area contributed by atoms with Crippen LogP contribution in [0.3, 0.4) is 0 Å². The topological polar surface area (TPSA) is 151 Å². The molecule has 4 aromatic carbocycles. The molecule has 0 radical (unpaired) electrons. The summed E-state index contributed by atoms with van der Waals surface area (Å²) in [4.78, 5) is 11.5. The number of benzene rings is 4. The van der Waals surface area contributed by atoms with Gasteiger partial charge in [0.1, 0.15) is 30.5 Å². The Balaban J connectivity index is 1.47. The van der Waals surface area contributed by atoms with Gasteiger partial charge >= 0.3 is 5.97 Å². The van der Waals surface area contributed by atoms with Crippen LogP contribution in [-0.4, -0.2) is 39.1 Å². The summed E-state index contributed by atoms with van der Waals surface area (Å²) in [6.07, 6.45) is 0. The molecule has 10 nitrogen and oxygen atoms in total. The highest BCUT2D eigenvalue weighted by Gasteiger charge is 2.23. The van der Waals surface area contributed by atoms with Crippen molar-refractivity contribution < 1.29 is 29.1 Å². The van der Waals surface area contributed by atoms with Crippen molar-refractivity contribution in [3.63, 3.8) is 0 Å². The Morgan fingerprint density at radius 3 is 2.50 bits per heavy atom. The summed E-state index contributed by atoms with van der Waals surface area (Å²) >= 11 is 0. The number of nitrogens with one attached hydrogen (secondary N) is 1. The SMILES string of the molecule is Cc1c(COc2cc(OCc3cccc(C#N)c3)c(CNC(CO)C(=O)O)c3nonc23)cccc1-c1ccccc1. The van der Waals surface area contributed by atoms with Crippen molar-refractivity contribution in [3.8, 4) is 28.7 Å². The molecule has 0 spiro atoms. The molecule has 42 heavy (non-hydrogen) atoms. The number of carbonyl (C=O) groups is 1. The molecular weight excluding hydrogens is 536 g/mol. The minimum absolute atomic E-state index is 0.00564. The summed E-state index contributed by atoms with van der Waals surface area (Å²) in [7, 11) is 0. The monoisotopic (exact) mass is 564 g/mol. The van der Waals surface area contributed by atoms with Crippen LogP contribution in [0, 0.1) is 18.3 Å². The molecule has 212 valence electrons. The van der Waals surface area contributed by atoms with Gasteiger partial charge in [0.25, 0.3) is 0 Å². The first-order valence-electron chi connectivity index (χ1n) is 13.2. The average Bonchev–Trinajstić information content (AvgIpc) is 3.51. The number of carboxylic acids is 1. The molecule has 1 aromatic heterocycles. The molecule has 0 aliphatic carbocycles. The Morgan fingerprint density at radius 2 is 1.74 bits per heavy atom. The van der Waals surface area contributed by atoms with Gasteiger partial charge in [-0.05, 0) is 57.2 Å². The normalized spacial score (nSPS) is 11.6. The molecule has 0 amide bonds. The number of nitrogens with zero attached hydrogens (tertiary/aromatic N) is 3. The van der Waals surface area contributed by atoms with E-state index in [9.17, 15) is 20.3 Å². The smallest absolute Gasteiger partial charge is 0.323 e. The summed E-state index contributed by atoms with van der Waals surface area (Å²) in [5.41, 5.74) is 6.70. The number of aliphatic hydroxyl groups is 1. The van der Waals surface area contributed by atoms with Crippen LogP contribution < -0.4 is 14.8 Å². The molecule has 1 unspecified atom stereocenters. The predicted molar refractivity (Wildman–Crippen MR) is 154 cm³/mol. The minimum atomic E-state index is -1.20. The van der Waals surface area contributed by atoms with Crippen LogP contribution in [0.1, 0.15) is 27.8 Å². The van der Waals surface area contributed by atoms with E-state index in [0.29, 0.717) is 33.7 Å². The second kappa shape index (κ2) is 13.0. The van der Waals surface area contributed by atoms with Crippen molar-refractivity contribution in [3.05, 3.63) is 107 Å². The Morgan fingerprint density at radius 1 is 0.976 bits per heavy atom. The zero-order valence-electron chi connectivity index (χ0n) is 22.8. The summed E-state index contributed by atoms with van der Waals surface area (Å²) in [5.74, 6) is -0.465. The number of ether oxygens (including phenoxy) is 2. The average molecular weight is 565 g/mol. The lowest BCUT2D eigenvalue weighted by Crippen LogP contribution is -2.39. The highest BCUT2D eigenvalue weighted by Crippen LogP contribution is 2.36. The van der Waals surface area contributed by atoms with Gasteiger partial charge in [0.15, 0.2) is 11.3 Å². The van der Waals surface area contributed by atoms with Crippen LogP contribution in [0.5, 0.6) is 11.5 Å². The highest BCUT2D eigenvalue weighted by molar-refractivity contribution is 5.86. The number of hydrogen-bond acceptors (Lipinski definition) is 9. The first kappa shape index (κ1) is 28.3. The second-order valence-corrected chi connectivity index (χ2v) is 9.61. The van der Waals surface area contributed by atoms with Gasteiger partial charge in [-0.15, -0.1) is 0 Å². The summed E-state index contributed by atoms with van der Waals surface area (Å²) in [6, 6.07) is 25.8. The fourth-order valence-corrected chi connectivity index (χ4v) is 4.62. The second-order valence-electron chi connectivity index (χ2n) is 9.61. The maximum Gasteiger partial charge on any atom is 0.323 e. The molecule has 5 rings (SSSR count). The lowest BCUT2D eigenvalue weighted by Gasteiger charge is -2.17. The van der Waals surface area contributed by atoms with Gasteiger partial charge in [-0.3, -0.25) is 10.1 Å². The Hall–Kier alpha value is -5.24. The Bertz CT molecular complexity index is 1750. The minimum Gasteiger partial charge on any atom is -0.488 e. The van der Waals surface area contributed by atoms with Crippen LogP contribution in [0.2, 0.25) is 0 Å². The third-order valence-corrected chi connectivity index (χ3v) is 6.94. The number of aliphatic carboxylic acids is 1. The van der Waals surface area contributed by atoms with Crippen LogP contribution in [0.15, 0.2) is 83.5 Å². The molecule has 0 aliphatic heterocycles. The molecule has 10 heteroatoms. The third kappa shape index (κ3) is 6.23. The van der Waals surface area contributed by atoms with E-state index < -0.39 is 18.6 Å². The van der Waals surface area contributed by atoms with E-state index in [4.69, 9.17) is 14.1 Å². The quantitative estimate of drug-likeness (QED) is 0.193. The fraction of sp³-hybridized carbons (Fsp3) is 0.188. The van der Waals surface area contributed by atoms with Gasteiger partial charge in [0.05, 0.1) is 18.2 Å². The lowest BCUT2D eigenvalue weighted by molar-refractivity contribution is -0.140. The molecule has 0 bridgehead atoms. The predicted octanol–water partition coefficient (Wildman–Crippen LogP) is 4.76. The lowest BCUT2D eigenvalue weighted by atomic mass is 9.97. The van der Waals surface area contributed by atoms with Crippen LogP contribution in [0.25, 0.3) is 22.2 Å². The fourth-order valence-electron chi connectivity index (χ4n) is 4.62. The van der Waals surface area contributed by atoms with Crippen molar-refractivity contribution in [2.45, 2.75) is 32.7 Å². The van der Waals surface area contributed by atoms with Gasteiger partial charge in [0, 0.05) is 18.2 Å². The Kier molecular flexibility index (Phi) is 8.72. The van der Waals surface area contributed by atoms with E-state index in [-0.39, 0.29) is 19.8 Å². The van der Waals surface area contributed by atoms with E-state index in [1.807, 2.05) is 43.3 Å². The van der Waals surface area contributed by atoms with E-state index in [0.717, 1.165) is 27.8 Å². The standard InChI is InChI=1S/C32H28N4O6/c1-20-24(11-6-12-25(20)23-9-3-2-4-10-23)19-41-29-14-28(40-18-22-8-5-7-21(13-22)15-33)26(30-31(29)36-42-35-30)16-34-27(17-37)32(38)39/h2-14,27,34,37H,16-19H2,1H3,(H,38,39). The summed E-state index contributed by atoms with van der Waals surface area (Å²) < 4.78 is 17.5. The van der Waals surface area contributed by atoms with Crippen molar-refractivity contribution in [1.82, 2.24) is 15.6 Å². The maximum atomic E-state index is 11.5. The maximum absolute atomic E-state index is 11.5. The summed E-state index contributed by atoms with van der Waals surface area (Å²) in [6.45, 7) is 1.80. The van der Waals surface area contributed by atoms with Crippen molar-refractivity contribution >= 4 is 17.0 Å². The van der Waals surface area contributed by atoms with Crippen molar-refractivity contribution in [2.75, 3.05) is 6.61 Å². The van der Waals surface area contributed by atoms with Crippen molar-refractivity contribution in [2.24, 2.45) is 0 Å². The zero-order chi connectivity index (χ0) is 29.5. The van der Waals surface area contributed by atoms with Gasteiger partial charge in [-0.1, -0.05) is 60.7 Å². The molecule has 0 fully saturated rings. The number of rotatable bonds is 12. The van der Waals surface area contributed by atoms with Gasteiger partial charge in [-0.2, -0.15) is 5.26 Å². The number of aliphatic hydroxyl groups excluding tert-OH is 1. The molecule has 0 saturated heterocycles. The molecule has 5 aromatic rings. The first-order valence-corrected chi connectivity index (χ1v) is 13.2. The van der Waals surface area contributed by atoms with E-state index in [1.165, 1.54) is 0 Å². The number of hydrogen-bond donors (Lipinski definition) is 3. The number of carboxylic acid groups (broad SMARTS) is 1. The van der Waals surface area contributed by atoms with Crippen LogP contribution in [-0.2, 0) is 24.6 Å². The molecule has 3 N–H and O–H groups in total. The Labute approximate surface area is 241 Å². The van der Waals surface area contributed by atoms with Crippen LogP contribution >= 0.6 is 0 Å². The van der Waals surface area contributed by atoms with E-state index >= 15 is 0 Å². The molecule has 1 atom stereocenters. The zero-order valence-corrected chi connectivity index (χ0v) is 22.8. The van der Waals surface area contributed by atoms with Gasteiger partial charge in [0.2, 0.25) is 0 Å². The van der Waals surface area contributed by atoms with Gasteiger partial charge in [-0.25, -0.2) is 4.63 Å². The number of fused-ring (bicyclic) bond motifs is 1. The summed E-state index contributed by atoms with van der Waals surface area (Å²) in [5, 5.41) is 39.0. The first-order chi connectivity index (χ1) is 20.5. The largest absolute Gasteiger partial charge is 0.488 e. The number of nitriles is 1. The molecular formula is C32H28N4O6. The van der Waals surface area contributed by atoms with Gasteiger partial charge < -0.3 is 19.7 Å². The van der Waals surface area contributed by atoms with E-state index in [2.05, 4.69) is 39.9 Å². The molecule has 0 aliphatic rings. The highest BCUT2D eigenvalue weighted by atomic mass is 16.6. The number of aromatic nitrogens is 2. The van der Waals surface area contributed by atoms with Crippen LogP contribution in [0.4, 0.5) is 0 Å². The van der Waals surface area contributed by atoms with Crippen molar-refractivity contribution in [1.29, 1.82) is 5.26 Å².